The maximum Gasteiger partial charge on any atom is 0.236 e. The lowest BCUT2D eigenvalue weighted by Crippen LogP contribution is -2.37. The summed E-state index contributed by atoms with van der Waals surface area (Å²) in [5.41, 5.74) is 7.81. The molecular formula is C13H22ClN3O. The molecule has 0 heterocycles. The summed E-state index contributed by atoms with van der Waals surface area (Å²) in [5, 5.41) is 2.78. The lowest BCUT2D eigenvalue weighted by Gasteiger charge is -2.11. The molecule has 1 aromatic carbocycles. The van der Waals surface area contributed by atoms with E-state index in [4.69, 9.17) is 5.73 Å². The maximum absolute atomic E-state index is 11.3. The molecular weight excluding hydrogens is 250 g/mol. The molecule has 0 saturated carbocycles. The van der Waals surface area contributed by atoms with Gasteiger partial charge in [0.15, 0.2) is 0 Å². The van der Waals surface area contributed by atoms with E-state index in [0.29, 0.717) is 6.54 Å². The molecule has 3 N–H and O–H groups in total. The highest BCUT2D eigenvalue weighted by atomic mass is 35.5. The van der Waals surface area contributed by atoms with Crippen molar-refractivity contribution >= 4 is 18.3 Å². The van der Waals surface area contributed by atoms with Crippen molar-refractivity contribution in [2.24, 2.45) is 5.73 Å². The van der Waals surface area contributed by atoms with Crippen molar-refractivity contribution in [3.05, 3.63) is 35.4 Å². The summed E-state index contributed by atoms with van der Waals surface area (Å²) in [5.74, 6) is -0.123. The third-order valence-electron chi connectivity index (χ3n) is 2.40. The van der Waals surface area contributed by atoms with E-state index in [1.165, 1.54) is 5.56 Å². The van der Waals surface area contributed by atoms with Crippen LogP contribution in [0, 0.1) is 0 Å². The second kappa shape index (κ2) is 8.08. The van der Waals surface area contributed by atoms with Gasteiger partial charge in [-0.3, -0.25) is 4.79 Å². The molecule has 5 heteroatoms. The van der Waals surface area contributed by atoms with E-state index >= 15 is 0 Å². The molecule has 0 aromatic heterocycles. The van der Waals surface area contributed by atoms with Gasteiger partial charge in [-0.15, -0.1) is 12.4 Å². The molecule has 0 radical (unpaired) electrons. The Morgan fingerprint density at radius 2 is 1.78 bits per heavy atom. The standard InChI is InChI=1S/C13H21N3O.ClH/c1-10(14)13(17)15-8-11-4-6-12(7-5-11)9-16(2)3;/h4-7,10H,8-9,14H2,1-3H3,(H,15,17);1H/t10-;/m1./s1. The van der Waals surface area contributed by atoms with Gasteiger partial charge in [0.05, 0.1) is 6.04 Å². The summed E-state index contributed by atoms with van der Waals surface area (Å²) in [6.45, 7) is 3.13. The Kier molecular flexibility index (Phi) is 7.59. The fraction of sp³-hybridized carbons (Fsp3) is 0.462. The van der Waals surface area contributed by atoms with Crippen molar-refractivity contribution in [1.29, 1.82) is 0 Å². The van der Waals surface area contributed by atoms with Crippen molar-refractivity contribution in [3.8, 4) is 0 Å². The maximum atomic E-state index is 11.3. The van der Waals surface area contributed by atoms with Gasteiger partial charge in [0.2, 0.25) is 5.91 Å². The van der Waals surface area contributed by atoms with Crippen LogP contribution in [0.25, 0.3) is 0 Å². The molecule has 18 heavy (non-hydrogen) atoms. The number of nitrogens with one attached hydrogen (secondary N) is 1. The zero-order chi connectivity index (χ0) is 12.8. The van der Waals surface area contributed by atoms with Gasteiger partial charge in [-0.1, -0.05) is 24.3 Å². The first-order chi connectivity index (χ1) is 7.99. The largest absolute Gasteiger partial charge is 0.351 e. The summed E-state index contributed by atoms with van der Waals surface area (Å²) in [7, 11) is 4.08. The lowest BCUT2D eigenvalue weighted by atomic mass is 10.1. The van der Waals surface area contributed by atoms with Gasteiger partial charge in [-0.05, 0) is 32.1 Å². The molecule has 1 amide bonds. The van der Waals surface area contributed by atoms with Crippen LogP contribution in [-0.2, 0) is 17.9 Å². The monoisotopic (exact) mass is 271 g/mol. The third kappa shape index (κ3) is 6.00. The first kappa shape index (κ1) is 16.9. The predicted octanol–water partition coefficient (Wildman–Crippen LogP) is 1.13. The Morgan fingerprint density at radius 3 is 2.22 bits per heavy atom. The minimum atomic E-state index is -0.456. The van der Waals surface area contributed by atoms with Crippen molar-refractivity contribution in [2.75, 3.05) is 14.1 Å². The van der Waals surface area contributed by atoms with Crippen LogP contribution in [0.2, 0.25) is 0 Å². The van der Waals surface area contributed by atoms with Crippen molar-refractivity contribution in [3.63, 3.8) is 0 Å². The minimum Gasteiger partial charge on any atom is -0.351 e. The van der Waals surface area contributed by atoms with Crippen LogP contribution in [0.3, 0.4) is 0 Å². The van der Waals surface area contributed by atoms with E-state index in [1.54, 1.807) is 6.92 Å². The Bertz CT molecular complexity index is 363. The molecule has 1 aromatic rings. The number of nitrogens with two attached hydrogens (primary N) is 1. The Hall–Kier alpha value is -1.10. The van der Waals surface area contributed by atoms with E-state index in [0.717, 1.165) is 12.1 Å². The van der Waals surface area contributed by atoms with Gasteiger partial charge < -0.3 is 16.0 Å². The highest BCUT2D eigenvalue weighted by molar-refractivity contribution is 5.85. The van der Waals surface area contributed by atoms with Crippen LogP contribution < -0.4 is 11.1 Å². The van der Waals surface area contributed by atoms with Gasteiger partial charge in [0, 0.05) is 13.1 Å². The van der Waals surface area contributed by atoms with E-state index in [1.807, 2.05) is 26.2 Å². The van der Waals surface area contributed by atoms with Crippen LogP contribution in [-0.4, -0.2) is 30.9 Å². The quantitative estimate of drug-likeness (QED) is 0.844. The van der Waals surface area contributed by atoms with Gasteiger partial charge in [-0.2, -0.15) is 0 Å². The highest BCUT2D eigenvalue weighted by Crippen LogP contribution is 2.05. The smallest absolute Gasteiger partial charge is 0.236 e. The number of benzene rings is 1. The summed E-state index contributed by atoms with van der Waals surface area (Å²) in [6, 6.07) is 7.75. The van der Waals surface area contributed by atoms with Crippen molar-refractivity contribution in [1.82, 2.24) is 10.2 Å². The predicted molar refractivity (Wildman–Crippen MR) is 76.6 cm³/mol. The SMILES string of the molecule is C[C@@H](N)C(=O)NCc1ccc(CN(C)C)cc1.Cl. The van der Waals surface area contributed by atoms with Gasteiger partial charge in [-0.25, -0.2) is 0 Å². The normalized spacial score (nSPS) is 11.8. The summed E-state index contributed by atoms with van der Waals surface area (Å²) in [6.07, 6.45) is 0. The van der Waals surface area contributed by atoms with Crippen molar-refractivity contribution < 1.29 is 4.79 Å². The highest BCUT2D eigenvalue weighted by Gasteiger charge is 2.05. The minimum absolute atomic E-state index is 0. The van der Waals surface area contributed by atoms with E-state index in [2.05, 4.69) is 22.3 Å². The number of amides is 1. The number of hydrogen-bond donors (Lipinski definition) is 2. The molecule has 1 atom stereocenters. The fourth-order valence-corrected chi connectivity index (χ4v) is 1.48. The number of nitrogens with zero attached hydrogens (tertiary/aromatic N) is 1. The average Bonchev–Trinajstić information content (AvgIpc) is 2.26. The Labute approximate surface area is 115 Å². The van der Waals surface area contributed by atoms with E-state index in [-0.39, 0.29) is 18.3 Å². The van der Waals surface area contributed by atoms with E-state index < -0.39 is 6.04 Å². The first-order valence-electron chi connectivity index (χ1n) is 5.75. The molecule has 0 saturated heterocycles. The molecule has 0 bridgehead atoms. The molecule has 0 fully saturated rings. The topological polar surface area (TPSA) is 58.4 Å². The summed E-state index contributed by atoms with van der Waals surface area (Å²) >= 11 is 0. The average molecular weight is 272 g/mol. The van der Waals surface area contributed by atoms with Crippen molar-refractivity contribution in [2.45, 2.75) is 26.1 Å². The van der Waals surface area contributed by atoms with Crippen LogP contribution in [0.4, 0.5) is 0 Å². The van der Waals surface area contributed by atoms with Crippen LogP contribution in [0.5, 0.6) is 0 Å². The van der Waals surface area contributed by atoms with Gasteiger partial charge >= 0.3 is 0 Å². The summed E-state index contributed by atoms with van der Waals surface area (Å²) in [4.78, 5) is 13.4. The summed E-state index contributed by atoms with van der Waals surface area (Å²) < 4.78 is 0. The lowest BCUT2D eigenvalue weighted by molar-refractivity contribution is -0.122. The van der Waals surface area contributed by atoms with Gasteiger partial charge in [0.25, 0.3) is 0 Å². The van der Waals surface area contributed by atoms with Crippen LogP contribution in [0.15, 0.2) is 24.3 Å². The number of halogens is 1. The molecule has 4 nitrogen and oxygen atoms in total. The van der Waals surface area contributed by atoms with Crippen LogP contribution >= 0.6 is 12.4 Å². The zero-order valence-electron chi connectivity index (χ0n) is 11.1. The Morgan fingerprint density at radius 1 is 1.28 bits per heavy atom. The number of rotatable bonds is 5. The molecule has 102 valence electrons. The zero-order valence-corrected chi connectivity index (χ0v) is 12.0. The van der Waals surface area contributed by atoms with E-state index in [9.17, 15) is 4.79 Å². The molecule has 1 rings (SSSR count). The number of carbonyl (C=O) groups excluding carboxylic acids is 1. The number of carbonyl (C=O) groups is 1. The second-order valence-corrected chi connectivity index (χ2v) is 4.56. The fourth-order valence-electron chi connectivity index (χ4n) is 1.48. The second-order valence-electron chi connectivity index (χ2n) is 4.56. The molecule has 0 aliphatic rings. The number of hydrogen-bond acceptors (Lipinski definition) is 3. The molecule has 0 aliphatic carbocycles. The van der Waals surface area contributed by atoms with Crippen LogP contribution in [0.1, 0.15) is 18.1 Å². The first-order valence-corrected chi connectivity index (χ1v) is 5.75. The molecule has 0 aliphatic heterocycles. The van der Waals surface area contributed by atoms with Gasteiger partial charge in [0.1, 0.15) is 0 Å². The molecule has 0 unspecified atom stereocenters. The molecule has 0 spiro atoms. The Balaban J connectivity index is 0.00000289. The third-order valence-corrected chi connectivity index (χ3v) is 2.40.